The Bertz CT molecular complexity index is 489. The summed E-state index contributed by atoms with van der Waals surface area (Å²) in [5.74, 6) is 2.96. The first-order valence-corrected chi connectivity index (χ1v) is 4.57. The molecule has 1 heteroatoms. The molecule has 0 aliphatic carbocycles. The van der Waals surface area contributed by atoms with Crippen LogP contribution in [-0.4, -0.2) is 10.2 Å². The van der Waals surface area contributed by atoms with E-state index in [4.69, 9.17) is 0 Å². The average molecular weight is 179 g/mol. The van der Waals surface area contributed by atoms with E-state index < -0.39 is 0 Å². The summed E-state index contributed by atoms with van der Waals surface area (Å²) < 4.78 is 0. The Morgan fingerprint density at radius 1 is 0.923 bits per heavy atom. The minimum atomic E-state index is 1.04. The second kappa shape index (κ2) is 3.47. The number of hydrogen-bond acceptors (Lipinski definition) is 0. The topological polar surface area (TPSA) is 0 Å². The fourth-order valence-corrected chi connectivity index (χ4v) is 1.48. The molecule has 59 valence electrons. The van der Waals surface area contributed by atoms with E-state index in [1.165, 1.54) is 10.8 Å². The predicted molar refractivity (Wildman–Crippen MR) is 56.6 cm³/mol. The van der Waals surface area contributed by atoms with Crippen molar-refractivity contribution in [3.05, 3.63) is 48.0 Å². The Morgan fingerprint density at radius 3 is 2.46 bits per heavy atom. The van der Waals surface area contributed by atoms with Crippen molar-refractivity contribution >= 4 is 21.0 Å². The molecule has 0 unspecified atom stereocenters. The lowest BCUT2D eigenvalue weighted by Gasteiger charge is -1.96. The highest BCUT2D eigenvalue weighted by Crippen LogP contribution is 2.14. The molecule has 0 spiro atoms. The second-order valence-corrected chi connectivity index (χ2v) is 3.06. The Kier molecular flexibility index (Phi) is 2.16. The van der Waals surface area contributed by atoms with Crippen molar-refractivity contribution in [2.45, 2.75) is 0 Å². The van der Waals surface area contributed by atoms with Crippen LogP contribution in [-0.2, 0) is 0 Å². The Labute approximate surface area is 81.0 Å². The van der Waals surface area contributed by atoms with Gasteiger partial charge in [-0.2, -0.15) is 0 Å². The maximum atomic E-state index is 3.13. The summed E-state index contributed by atoms with van der Waals surface area (Å²) in [6.45, 7) is 0. The SMILES string of the molecule is [Si]C#Cc1ccc2ccccc2c1. The summed E-state index contributed by atoms with van der Waals surface area (Å²) in [7, 11) is 3.13. The molecular formula is C12H7Si. The van der Waals surface area contributed by atoms with Gasteiger partial charge in [0.2, 0.25) is 0 Å². The largest absolute Gasteiger partial charge is 0.147 e. The molecule has 0 saturated heterocycles. The molecule has 0 amide bonds. The van der Waals surface area contributed by atoms with Crippen LogP contribution in [0, 0.1) is 11.5 Å². The van der Waals surface area contributed by atoms with Crippen LogP contribution in [0.25, 0.3) is 10.8 Å². The van der Waals surface area contributed by atoms with E-state index in [2.05, 4.69) is 46.0 Å². The molecule has 3 radical (unpaired) electrons. The Hall–Kier alpha value is -1.52. The van der Waals surface area contributed by atoms with Gasteiger partial charge in [0, 0.05) is 5.56 Å². The first kappa shape index (κ1) is 8.09. The number of fused-ring (bicyclic) bond motifs is 1. The van der Waals surface area contributed by atoms with Crippen molar-refractivity contribution in [1.29, 1.82) is 0 Å². The van der Waals surface area contributed by atoms with Crippen LogP contribution in [0.2, 0.25) is 0 Å². The van der Waals surface area contributed by atoms with Gasteiger partial charge in [0.25, 0.3) is 0 Å². The predicted octanol–water partition coefficient (Wildman–Crippen LogP) is 2.32. The smallest absolute Gasteiger partial charge is 0.133 e. The summed E-state index contributed by atoms with van der Waals surface area (Å²) in [6, 6.07) is 14.5. The van der Waals surface area contributed by atoms with Crippen molar-refractivity contribution in [3.63, 3.8) is 0 Å². The summed E-state index contributed by atoms with van der Waals surface area (Å²) in [5.41, 5.74) is 3.74. The van der Waals surface area contributed by atoms with Gasteiger partial charge in [-0.05, 0) is 22.9 Å². The lowest BCUT2D eigenvalue weighted by Crippen LogP contribution is -1.75. The van der Waals surface area contributed by atoms with Crippen LogP contribution >= 0.6 is 0 Å². The monoisotopic (exact) mass is 179 g/mol. The van der Waals surface area contributed by atoms with Crippen molar-refractivity contribution in [3.8, 4) is 11.5 Å². The highest BCUT2D eigenvalue weighted by Gasteiger charge is 1.91. The molecule has 0 saturated carbocycles. The molecule has 0 bridgehead atoms. The summed E-state index contributed by atoms with van der Waals surface area (Å²) in [6.07, 6.45) is 0. The lowest BCUT2D eigenvalue weighted by atomic mass is 10.1. The van der Waals surface area contributed by atoms with Crippen LogP contribution in [0.5, 0.6) is 0 Å². The summed E-state index contributed by atoms with van der Waals surface area (Å²) in [5, 5.41) is 2.48. The molecule has 0 atom stereocenters. The van der Waals surface area contributed by atoms with E-state index >= 15 is 0 Å². The maximum Gasteiger partial charge on any atom is 0.147 e. The van der Waals surface area contributed by atoms with Crippen molar-refractivity contribution < 1.29 is 0 Å². The summed E-state index contributed by atoms with van der Waals surface area (Å²) >= 11 is 0. The van der Waals surface area contributed by atoms with Gasteiger partial charge in [-0.25, -0.2) is 0 Å². The number of hydrogen-bond donors (Lipinski definition) is 0. The second-order valence-electron chi connectivity index (χ2n) is 2.81. The van der Waals surface area contributed by atoms with Gasteiger partial charge < -0.3 is 0 Å². The van der Waals surface area contributed by atoms with E-state index in [0.717, 1.165) is 5.56 Å². The molecule has 2 aromatic carbocycles. The van der Waals surface area contributed by atoms with E-state index in [0.29, 0.717) is 0 Å². The van der Waals surface area contributed by atoms with Crippen LogP contribution in [0.4, 0.5) is 0 Å². The molecule has 0 aromatic heterocycles. The van der Waals surface area contributed by atoms with E-state index in [9.17, 15) is 0 Å². The molecular weight excluding hydrogens is 172 g/mol. The Balaban J connectivity index is 2.66. The third kappa shape index (κ3) is 1.63. The molecule has 0 fully saturated rings. The zero-order chi connectivity index (χ0) is 9.10. The minimum Gasteiger partial charge on any atom is -0.133 e. The van der Waals surface area contributed by atoms with Gasteiger partial charge in [-0.15, -0.1) is 5.54 Å². The van der Waals surface area contributed by atoms with Crippen LogP contribution in [0.1, 0.15) is 5.56 Å². The lowest BCUT2D eigenvalue weighted by molar-refractivity contribution is 1.70. The van der Waals surface area contributed by atoms with Gasteiger partial charge >= 0.3 is 0 Å². The van der Waals surface area contributed by atoms with Gasteiger partial charge in [0.05, 0.1) is 0 Å². The number of benzene rings is 2. The zero-order valence-electron chi connectivity index (χ0n) is 7.04. The summed E-state index contributed by atoms with van der Waals surface area (Å²) in [4.78, 5) is 0. The van der Waals surface area contributed by atoms with E-state index in [1.54, 1.807) is 0 Å². The molecule has 0 aliphatic rings. The minimum absolute atomic E-state index is 1.04. The standard InChI is InChI=1S/C12H7Si/c13-8-7-10-5-6-11-3-1-2-4-12(11)9-10/h1-6,9H. The van der Waals surface area contributed by atoms with Crippen molar-refractivity contribution in [1.82, 2.24) is 0 Å². The van der Waals surface area contributed by atoms with Crippen molar-refractivity contribution in [2.75, 3.05) is 0 Å². The highest BCUT2D eigenvalue weighted by molar-refractivity contribution is 6.22. The fourth-order valence-electron chi connectivity index (χ4n) is 1.34. The highest BCUT2D eigenvalue weighted by atomic mass is 28.1. The van der Waals surface area contributed by atoms with Gasteiger partial charge in [0.15, 0.2) is 0 Å². The van der Waals surface area contributed by atoms with Gasteiger partial charge in [-0.1, -0.05) is 36.3 Å². The quantitative estimate of drug-likeness (QED) is 0.430. The Morgan fingerprint density at radius 2 is 1.69 bits per heavy atom. The number of rotatable bonds is 0. The molecule has 2 rings (SSSR count). The first-order chi connectivity index (χ1) is 6.40. The van der Waals surface area contributed by atoms with Gasteiger partial charge in [-0.3, -0.25) is 0 Å². The fraction of sp³-hybridized carbons (Fsp3) is 0. The van der Waals surface area contributed by atoms with E-state index in [-0.39, 0.29) is 0 Å². The van der Waals surface area contributed by atoms with Gasteiger partial charge in [0.1, 0.15) is 10.2 Å². The first-order valence-electron chi connectivity index (χ1n) is 4.07. The third-order valence-corrected chi connectivity index (χ3v) is 2.08. The normalized spacial score (nSPS) is 9.31. The molecule has 0 N–H and O–H groups in total. The molecule has 13 heavy (non-hydrogen) atoms. The molecule has 0 aliphatic heterocycles. The molecule has 0 nitrogen and oxygen atoms in total. The van der Waals surface area contributed by atoms with Crippen LogP contribution in [0.3, 0.4) is 0 Å². The molecule has 0 heterocycles. The van der Waals surface area contributed by atoms with Crippen molar-refractivity contribution in [2.24, 2.45) is 0 Å². The van der Waals surface area contributed by atoms with Crippen LogP contribution in [0.15, 0.2) is 42.5 Å². The third-order valence-electron chi connectivity index (χ3n) is 1.96. The molecule has 2 aromatic rings. The van der Waals surface area contributed by atoms with E-state index in [1.807, 2.05) is 18.2 Å². The van der Waals surface area contributed by atoms with Crippen LogP contribution < -0.4 is 0 Å². The maximum absolute atomic E-state index is 3.13. The zero-order valence-corrected chi connectivity index (χ0v) is 8.04. The average Bonchev–Trinajstić information content (AvgIpc) is 2.18.